The standard InChI is InChI=1S/C17H20/c1-13-11-15-9-5-6-10-16(17(15)12-13)14-7-3-2-4-8-14/h2-9,13,16-17H,10-12H2,1H3. The van der Waals surface area contributed by atoms with Gasteiger partial charge in [-0.1, -0.05) is 61.1 Å². The summed E-state index contributed by atoms with van der Waals surface area (Å²) in [5.41, 5.74) is 3.20. The molecule has 3 atom stereocenters. The predicted octanol–water partition coefficient (Wildman–Crippen LogP) is 4.70. The second-order valence-electron chi connectivity index (χ2n) is 5.57. The van der Waals surface area contributed by atoms with Gasteiger partial charge in [0, 0.05) is 0 Å². The highest BCUT2D eigenvalue weighted by atomic mass is 14.4. The molecule has 0 radical (unpaired) electrons. The van der Waals surface area contributed by atoms with Gasteiger partial charge in [-0.15, -0.1) is 0 Å². The van der Waals surface area contributed by atoms with Crippen LogP contribution in [0.4, 0.5) is 0 Å². The summed E-state index contributed by atoms with van der Waals surface area (Å²) in [5.74, 6) is 2.34. The number of rotatable bonds is 1. The van der Waals surface area contributed by atoms with Gasteiger partial charge in [-0.3, -0.25) is 0 Å². The van der Waals surface area contributed by atoms with E-state index in [2.05, 4.69) is 55.5 Å². The fourth-order valence-electron chi connectivity index (χ4n) is 3.49. The first-order valence-corrected chi connectivity index (χ1v) is 6.75. The second kappa shape index (κ2) is 4.52. The van der Waals surface area contributed by atoms with E-state index in [0.29, 0.717) is 5.92 Å². The van der Waals surface area contributed by atoms with Crippen LogP contribution in [-0.2, 0) is 0 Å². The van der Waals surface area contributed by atoms with Crippen LogP contribution >= 0.6 is 0 Å². The molecule has 0 N–H and O–H groups in total. The van der Waals surface area contributed by atoms with E-state index in [4.69, 9.17) is 0 Å². The van der Waals surface area contributed by atoms with E-state index < -0.39 is 0 Å². The molecule has 0 aromatic heterocycles. The van der Waals surface area contributed by atoms with Crippen LogP contribution in [0.15, 0.2) is 54.1 Å². The highest BCUT2D eigenvalue weighted by molar-refractivity contribution is 5.31. The first-order valence-electron chi connectivity index (χ1n) is 6.75. The lowest BCUT2D eigenvalue weighted by atomic mass is 9.81. The van der Waals surface area contributed by atoms with Crippen LogP contribution in [0.1, 0.15) is 37.7 Å². The summed E-state index contributed by atoms with van der Waals surface area (Å²) < 4.78 is 0. The van der Waals surface area contributed by atoms with Crippen LogP contribution in [-0.4, -0.2) is 0 Å². The van der Waals surface area contributed by atoms with Gasteiger partial charge in [0.25, 0.3) is 0 Å². The lowest BCUT2D eigenvalue weighted by Crippen LogP contribution is -2.10. The van der Waals surface area contributed by atoms with Crippen LogP contribution in [0.5, 0.6) is 0 Å². The summed E-state index contributed by atoms with van der Waals surface area (Å²) in [6.45, 7) is 2.39. The molecular weight excluding hydrogens is 204 g/mol. The normalized spacial score (nSPS) is 31.8. The number of fused-ring (bicyclic) bond motifs is 1. The maximum atomic E-state index is 2.39. The molecule has 2 aliphatic carbocycles. The number of hydrogen-bond donors (Lipinski definition) is 0. The van der Waals surface area contributed by atoms with E-state index in [0.717, 1.165) is 11.8 Å². The Kier molecular flexibility index (Phi) is 2.88. The van der Waals surface area contributed by atoms with Gasteiger partial charge in [0.1, 0.15) is 0 Å². The highest BCUT2D eigenvalue weighted by Gasteiger charge is 2.33. The summed E-state index contributed by atoms with van der Waals surface area (Å²) in [6.07, 6.45) is 10.8. The number of benzene rings is 1. The first-order chi connectivity index (χ1) is 8.34. The van der Waals surface area contributed by atoms with Crippen molar-refractivity contribution >= 4 is 0 Å². The Balaban J connectivity index is 1.94. The Bertz CT molecular complexity index is 438. The zero-order chi connectivity index (χ0) is 11.7. The van der Waals surface area contributed by atoms with E-state index in [9.17, 15) is 0 Å². The summed E-state index contributed by atoms with van der Waals surface area (Å²) in [5, 5.41) is 0. The lowest BCUT2D eigenvalue weighted by molar-refractivity contribution is 0.459. The molecule has 0 saturated heterocycles. The molecule has 3 rings (SSSR count). The summed E-state index contributed by atoms with van der Waals surface area (Å²) in [7, 11) is 0. The van der Waals surface area contributed by atoms with Crippen LogP contribution in [0.25, 0.3) is 0 Å². The third-order valence-electron chi connectivity index (χ3n) is 4.27. The largest absolute Gasteiger partial charge is 0.0839 e. The molecule has 1 fully saturated rings. The average Bonchev–Trinajstić information content (AvgIpc) is 2.61. The Hall–Kier alpha value is -1.30. The third kappa shape index (κ3) is 2.09. The molecule has 0 bridgehead atoms. The first kappa shape index (κ1) is 10.8. The minimum absolute atomic E-state index is 0.700. The Labute approximate surface area is 104 Å². The van der Waals surface area contributed by atoms with Gasteiger partial charge in [0.2, 0.25) is 0 Å². The maximum absolute atomic E-state index is 2.39. The SMILES string of the molecule is CC1CC2=CC=CCC(c3ccccc3)C2C1. The molecular formula is C17H20. The quantitative estimate of drug-likeness (QED) is 0.648. The molecule has 0 aliphatic heterocycles. The minimum Gasteiger partial charge on any atom is -0.0839 e. The fraction of sp³-hybridized carbons (Fsp3) is 0.412. The van der Waals surface area contributed by atoms with Gasteiger partial charge >= 0.3 is 0 Å². The van der Waals surface area contributed by atoms with Gasteiger partial charge in [-0.05, 0) is 42.6 Å². The molecule has 0 heteroatoms. The van der Waals surface area contributed by atoms with Crippen molar-refractivity contribution in [2.45, 2.75) is 32.1 Å². The molecule has 1 aromatic carbocycles. The molecule has 0 spiro atoms. The maximum Gasteiger partial charge on any atom is -0.00615 e. The van der Waals surface area contributed by atoms with Gasteiger partial charge in [-0.2, -0.15) is 0 Å². The minimum atomic E-state index is 0.700. The monoisotopic (exact) mass is 224 g/mol. The van der Waals surface area contributed by atoms with Crippen LogP contribution < -0.4 is 0 Å². The third-order valence-corrected chi connectivity index (χ3v) is 4.27. The summed E-state index contributed by atoms with van der Waals surface area (Å²) in [6, 6.07) is 11.1. The van der Waals surface area contributed by atoms with Gasteiger partial charge in [0.05, 0.1) is 0 Å². The summed E-state index contributed by atoms with van der Waals surface area (Å²) >= 11 is 0. The van der Waals surface area contributed by atoms with E-state index in [1.807, 2.05) is 0 Å². The van der Waals surface area contributed by atoms with Crippen molar-refractivity contribution in [1.29, 1.82) is 0 Å². The molecule has 2 aliphatic rings. The van der Waals surface area contributed by atoms with Crippen molar-refractivity contribution in [3.05, 3.63) is 59.7 Å². The Morgan fingerprint density at radius 2 is 1.88 bits per heavy atom. The van der Waals surface area contributed by atoms with Crippen LogP contribution in [0.2, 0.25) is 0 Å². The zero-order valence-corrected chi connectivity index (χ0v) is 10.5. The smallest absolute Gasteiger partial charge is 0.00615 e. The van der Waals surface area contributed by atoms with Crippen molar-refractivity contribution < 1.29 is 0 Å². The van der Waals surface area contributed by atoms with Crippen molar-refractivity contribution in [3.63, 3.8) is 0 Å². The highest BCUT2D eigenvalue weighted by Crippen LogP contribution is 2.46. The van der Waals surface area contributed by atoms with Gasteiger partial charge in [-0.25, -0.2) is 0 Å². The van der Waals surface area contributed by atoms with Crippen LogP contribution in [0.3, 0.4) is 0 Å². The molecule has 3 unspecified atom stereocenters. The molecule has 1 saturated carbocycles. The average molecular weight is 224 g/mol. The molecule has 88 valence electrons. The molecule has 0 heterocycles. The topological polar surface area (TPSA) is 0 Å². The van der Waals surface area contributed by atoms with E-state index in [1.165, 1.54) is 24.8 Å². The number of hydrogen-bond acceptors (Lipinski definition) is 0. The van der Waals surface area contributed by atoms with Gasteiger partial charge < -0.3 is 0 Å². The van der Waals surface area contributed by atoms with Gasteiger partial charge in [0.15, 0.2) is 0 Å². The fourth-order valence-corrected chi connectivity index (χ4v) is 3.49. The second-order valence-corrected chi connectivity index (χ2v) is 5.57. The van der Waals surface area contributed by atoms with Crippen molar-refractivity contribution in [3.8, 4) is 0 Å². The number of allylic oxidation sites excluding steroid dienone is 4. The molecule has 0 amide bonds. The predicted molar refractivity (Wildman–Crippen MR) is 72.9 cm³/mol. The zero-order valence-electron chi connectivity index (χ0n) is 10.5. The van der Waals surface area contributed by atoms with Crippen LogP contribution in [0, 0.1) is 11.8 Å². The Morgan fingerprint density at radius 1 is 1.06 bits per heavy atom. The lowest BCUT2D eigenvalue weighted by Gasteiger charge is -2.23. The molecule has 17 heavy (non-hydrogen) atoms. The van der Waals surface area contributed by atoms with E-state index in [-0.39, 0.29) is 0 Å². The molecule has 1 aromatic rings. The van der Waals surface area contributed by atoms with Crippen molar-refractivity contribution in [2.24, 2.45) is 11.8 Å². The van der Waals surface area contributed by atoms with E-state index in [1.54, 1.807) is 5.57 Å². The molecule has 0 nitrogen and oxygen atoms in total. The van der Waals surface area contributed by atoms with Crippen molar-refractivity contribution in [1.82, 2.24) is 0 Å². The Morgan fingerprint density at radius 3 is 2.71 bits per heavy atom. The van der Waals surface area contributed by atoms with Crippen molar-refractivity contribution in [2.75, 3.05) is 0 Å². The summed E-state index contributed by atoms with van der Waals surface area (Å²) in [4.78, 5) is 0. The van der Waals surface area contributed by atoms with E-state index >= 15 is 0 Å².